The number of benzene rings is 1. The van der Waals surface area contributed by atoms with Crippen LogP contribution in [-0.4, -0.2) is 86.7 Å². The molecular weight excluding hydrogens is 326 g/mol. The maximum atomic E-state index is 12.6. The second kappa shape index (κ2) is 9.49. The largest absolute Gasteiger partial charge is 0.375 e. The van der Waals surface area contributed by atoms with E-state index in [2.05, 4.69) is 36.0 Å². The van der Waals surface area contributed by atoms with Crippen molar-refractivity contribution < 1.29 is 9.53 Å². The SMILES string of the molecule is CN(C)CCN1CCO[C@@H]2CN(C(=O)CCc3ccccc3)CC[C@@H]2C1. The highest BCUT2D eigenvalue weighted by Crippen LogP contribution is 2.24. The summed E-state index contributed by atoms with van der Waals surface area (Å²) in [6.45, 7) is 6.70. The molecule has 26 heavy (non-hydrogen) atoms. The lowest BCUT2D eigenvalue weighted by atomic mass is 9.93. The second-order valence-electron chi connectivity index (χ2n) is 7.89. The van der Waals surface area contributed by atoms with Crippen LogP contribution in [0.3, 0.4) is 0 Å². The summed E-state index contributed by atoms with van der Waals surface area (Å²) in [7, 11) is 4.24. The predicted molar refractivity (Wildman–Crippen MR) is 104 cm³/mol. The van der Waals surface area contributed by atoms with E-state index in [1.165, 1.54) is 5.56 Å². The number of piperidine rings is 1. The Morgan fingerprint density at radius 1 is 1.19 bits per heavy atom. The predicted octanol–water partition coefficient (Wildman–Crippen LogP) is 1.73. The lowest BCUT2D eigenvalue weighted by Crippen LogP contribution is -2.49. The average Bonchev–Trinajstić information content (AvgIpc) is 2.86. The van der Waals surface area contributed by atoms with Crippen molar-refractivity contribution in [2.24, 2.45) is 5.92 Å². The average molecular weight is 360 g/mol. The molecule has 144 valence electrons. The molecule has 0 bridgehead atoms. The fourth-order valence-electron chi connectivity index (χ4n) is 3.94. The summed E-state index contributed by atoms with van der Waals surface area (Å²) in [6.07, 6.45) is 2.67. The second-order valence-corrected chi connectivity index (χ2v) is 7.89. The molecular formula is C21H33N3O2. The summed E-state index contributed by atoms with van der Waals surface area (Å²) in [5.74, 6) is 0.822. The first-order chi connectivity index (χ1) is 12.6. The Labute approximate surface area is 157 Å². The fourth-order valence-corrected chi connectivity index (χ4v) is 3.94. The van der Waals surface area contributed by atoms with E-state index in [1.54, 1.807) is 0 Å². The fraction of sp³-hybridized carbons (Fsp3) is 0.667. The number of aryl methyl sites for hydroxylation is 1. The molecule has 0 aliphatic carbocycles. The molecule has 1 aromatic rings. The van der Waals surface area contributed by atoms with Gasteiger partial charge in [-0.05, 0) is 32.5 Å². The summed E-state index contributed by atoms with van der Waals surface area (Å²) in [5.41, 5.74) is 1.23. The Morgan fingerprint density at radius 2 is 2.00 bits per heavy atom. The van der Waals surface area contributed by atoms with Crippen LogP contribution in [0.1, 0.15) is 18.4 Å². The quantitative estimate of drug-likeness (QED) is 0.775. The first-order valence-corrected chi connectivity index (χ1v) is 9.92. The van der Waals surface area contributed by atoms with Crippen molar-refractivity contribution in [2.45, 2.75) is 25.4 Å². The number of ether oxygens (including phenoxy) is 1. The third-order valence-corrected chi connectivity index (χ3v) is 5.61. The maximum absolute atomic E-state index is 12.6. The summed E-state index contributed by atoms with van der Waals surface area (Å²) < 4.78 is 6.14. The molecule has 0 saturated carbocycles. The molecule has 2 aliphatic heterocycles. The van der Waals surface area contributed by atoms with E-state index in [0.29, 0.717) is 12.3 Å². The monoisotopic (exact) mass is 359 g/mol. The van der Waals surface area contributed by atoms with Crippen molar-refractivity contribution in [3.8, 4) is 0 Å². The molecule has 1 aromatic carbocycles. The maximum Gasteiger partial charge on any atom is 0.222 e. The number of amides is 1. The Morgan fingerprint density at radius 3 is 2.77 bits per heavy atom. The van der Waals surface area contributed by atoms with Crippen LogP contribution < -0.4 is 0 Å². The molecule has 2 atom stereocenters. The van der Waals surface area contributed by atoms with Crippen molar-refractivity contribution in [3.05, 3.63) is 35.9 Å². The Balaban J connectivity index is 1.47. The van der Waals surface area contributed by atoms with Gasteiger partial charge in [0.2, 0.25) is 5.91 Å². The van der Waals surface area contributed by atoms with Crippen molar-refractivity contribution in [1.82, 2.24) is 14.7 Å². The van der Waals surface area contributed by atoms with Gasteiger partial charge in [0.25, 0.3) is 0 Å². The van der Waals surface area contributed by atoms with E-state index in [9.17, 15) is 4.79 Å². The number of carbonyl (C=O) groups excluding carboxylic acids is 1. The third kappa shape index (κ3) is 5.53. The molecule has 2 saturated heterocycles. The van der Waals surface area contributed by atoms with Crippen molar-refractivity contribution in [1.29, 1.82) is 0 Å². The van der Waals surface area contributed by atoms with Crippen molar-refractivity contribution in [3.63, 3.8) is 0 Å². The number of fused-ring (bicyclic) bond motifs is 1. The van der Waals surface area contributed by atoms with Gasteiger partial charge in [-0.15, -0.1) is 0 Å². The zero-order valence-electron chi connectivity index (χ0n) is 16.3. The zero-order chi connectivity index (χ0) is 18.4. The molecule has 2 fully saturated rings. The standard InChI is InChI=1S/C21H33N3O2/c1-22(2)12-13-23-14-15-26-20-17-24(11-10-19(20)16-23)21(25)9-8-18-6-4-3-5-7-18/h3-7,19-20H,8-17H2,1-2H3/t19-,20-/m1/s1. The number of hydrogen-bond donors (Lipinski definition) is 0. The molecule has 3 rings (SSSR count). The summed E-state index contributed by atoms with van der Waals surface area (Å²) in [5, 5.41) is 0. The molecule has 2 aliphatic rings. The Bertz CT molecular complexity index is 564. The van der Waals surface area contributed by atoms with Crippen LogP contribution in [0.15, 0.2) is 30.3 Å². The van der Waals surface area contributed by atoms with E-state index >= 15 is 0 Å². The highest BCUT2D eigenvalue weighted by atomic mass is 16.5. The molecule has 1 amide bonds. The molecule has 0 aromatic heterocycles. The van der Waals surface area contributed by atoms with Gasteiger partial charge in [-0.3, -0.25) is 9.69 Å². The Hall–Kier alpha value is -1.43. The van der Waals surface area contributed by atoms with Gasteiger partial charge in [-0.2, -0.15) is 0 Å². The minimum Gasteiger partial charge on any atom is -0.375 e. The van der Waals surface area contributed by atoms with Gasteiger partial charge in [0.05, 0.1) is 12.7 Å². The third-order valence-electron chi connectivity index (χ3n) is 5.61. The highest BCUT2D eigenvalue weighted by Gasteiger charge is 2.34. The van der Waals surface area contributed by atoms with E-state index in [-0.39, 0.29) is 12.0 Å². The van der Waals surface area contributed by atoms with Gasteiger partial charge >= 0.3 is 0 Å². The van der Waals surface area contributed by atoms with E-state index in [1.807, 2.05) is 23.1 Å². The van der Waals surface area contributed by atoms with Crippen molar-refractivity contribution in [2.75, 3.05) is 60.0 Å². The number of likely N-dealkylation sites (tertiary alicyclic amines) is 1. The number of carbonyl (C=O) groups is 1. The lowest BCUT2D eigenvalue weighted by molar-refractivity contribution is -0.136. The topological polar surface area (TPSA) is 36.0 Å². The van der Waals surface area contributed by atoms with Crippen LogP contribution in [-0.2, 0) is 16.0 Å². The molecule has 5 heteroatoms. The van der Waals surface area contributed by atoms with Gasteiger partial charge in [-0.1, -0.05) is 30.3 Å². The van der Waals surface area contributed by atoms with Crippen LogP contribution >= 0.6 is 0 Å². The molecule has 0 spiro atoms. The summed E-state index contributed by atoms with van der Waals surface area (Å²) in [6, 6.07) is 10.3. The van der Waals surface area contributed by atoms with Gasteiger partial charge in [0, 0.05) is 51.6 Å². The van der Waals surface area contributed by atoms with Gasteiger partial charge in [-0.25, -0.2) is 0 Å². The van der Waals surface area contributed by atoms with Crippen LogP contribution in [0.4, 0.5) is 0 Å². The van der Waals surface area contributed by atoms with E-state index in [0.717, 1.165) is 58.7 Å². The van der Waals surface area contributed by atoms with Gasteiger partial charge in [0.1, 0.15) is 0 Å². The van der Waals surface area contributed by atoms with Crippen molar-refractivity contribution >= 4 is 5.91 Å². The summed E-state index contributed by atoms with van der Waals surface area (Å²) >= 11 is 0. The molecule has 5 nitrogen and oxygen atoms in total. The van der Waals surface area contributed by atoms with Crippen LogP contribution in [0.2, 0.25) is 0 Å². The van der Waals surface area contributed by atoms with E-state index < -0.39 is 0 Å². The first kappa shape index (κ1) is 19.3. The smallest absolute Gasteiger partial charge is 0.222 e. The lowest BCUT2D eigenvalue weighted by Gasteiger charge is -2.38. The molecule has 2 heterocycles. The van der Waals surface area contributed by atoms with Gasteiger partial charge in [0.15, 0.2) is 0 Å². The molecule has 0 N–H and O–H groups in total. The minimum absolute atomic E-state index is 0.203. The minimum atomic E-state index is 0.203. The number of rotatable bonds is 6. The van der Waals surface area contributed by atoms with Crippen LogP contribution in [0, 0.1) is 5.92 Å². The first-order valence-electron chi connectivity index (χ1n) is 9.92. The summed E-state index contributed by atoms with van der Waals surface area (Å²) in [4.78, 5) is 19.4. The zero-order valence-corrected chi connectivity index (χ0v) is 16.3. The molecule has 0 unspecified atom stereocenters. The Kier molecular flexibility index (Phi) is 7.06. The van der Waals surface area contributed by atoms with E-state index in [4.69, 9.17) is 4.74 Å². The normalized spacial score (nSPS) is 24.3. The van der Waals surface area contributed by atoms with Gasteiger partial charge < -0.3 is 14.5 Å². The highest BCUT2D eigenvalue weighted by molar-refractivity contribution is 5.76. The number of nitrogens with zero attached hydrogens (tertiary/aromatic N) is 3. The number of hydrogen-bond acceptors (Lipinski definition) is 4. The van der Waals surface area contributed by atoms with Crippen LogP contribution in [0.5, 0.6) is 0 Å². The molecule has 0 radical (unpaired) electrons. The van der Waals surface area contributed by atoms with Crippen LogP contribution in [0.25, 0.3) is 0 Å². The number of likely N-dealkylation sites (N-methyl/N-ethyl adjacent to an activating group) is 1.